The lowest BCUT2D eigenvalue weighted by atomic mass is 10.2. The minimum absolute atomic E-state index is 0.0303. The summed E-state index contributed by atoms with van der Waals surface area (Å²) in [6, 6.07) is 1.16. The molecule has 0 aromatic carbocycles. The summed E-state index contributed by atoms with van der Waals surface area (Å²) in [4.78, 5) is 29.1. The van der Waals surface area contributed by atoms with E-state index in [0.29, 0.717) is 0 Å². The summed E-state index contributed by atoms with van der Waals surface area (Å²) in [6.45, 7) is 4.74. The zero-order valence-corrected chi connectivity index (χ0v) is 11.7. The minimum atomic E-state index is -1.52. The van der Waals surface area contributed by atoms with Crippen molar-refractivity contribution in [1.82, 2.24) is 9.97 Å². The van der Waals surface area contributed by atoms with Gasteiger partial charge < -0.3 is 14.6 Å². The maximum Gasteiger partial charge on any atom is 0.252 e. The van der Waals surface area contributed by atoms with Crippen molar-refractivity contribution in [3.8, 4) is 0 Å². The Bertz CT molecular complexity index is 508. The third kappa shape index (κ3) is 3.86. The average Bonchev–Trinajstić information content (AvgIpc) is 2.36. The van der Waals surface area contributed by atoms with Crippen LogP contribution in [0.25, 0.3) is 0 Å². The zero-order valence-electron chi connectivity index (χ0n) is 11.7. The number of H-pyrrole nitrogens is 1. The smallest absolute Gasteiger partial charge is 0.252 e. The molecule has 0 saturated heterocycles. The lowest BCUT2D eigenvalue weighted by molar-refractivity contribution is -0.262. The van der Waals surface area contributed by atoms with Gasteiger partial charge in [0.15, 0.2) is 0 Å². The first-order chi connectivity index (χ1) is 9.47. The van der Waals surface area contributed by atoms with E-state index in [9.17, 15) is 14.7 Å². The van der Waals surface area contributed by atoms with E-state index in [2.05, 4.69) is 15.3 Å². The van der Waals surface area contributed by atoms with Crippen molar-refractivity contribution >= 4 is 11.9 Å². The number of carbonyl (C=O) groups is 1. The van der Waals surface area contributed by atoms with Crippen LogP contribution in [0.15, 0.2) is 10.9 Å². The highest BCUT2D eigenvalue weighted by molar-refractivity contribution is 5.86. The van der Waals surface area contributed by atoms with Gasteiger partial charge in [-0.1, -0.05) is 0 Å². The van der Waals surface area contributed by atoms with E-state index in [0.717, 1.165) is 6.07 Å². The topological polar surface area (TPSA) is 114 Å². The number of anilines is 1. The third-order valence-corrected chi connectivity index (χ3v) is 2.39. The Hall–Kier alpha value is -1.77. The lowest BCUT2D eigenvalue weighted by Gasteiger charge is -2.30. The largest absolute Gasteiger partial charge is 0.390 e. The second kappa shape index (κ2) is 7.13. The highest BCUT2D eigenvalue weighted by atomic mass is 16.7. The molecule has 112 valence electrons. The third-order valence-electron chi connectivity index (χ3n) is 2.39. The van der Waals surface area contributed by atoms with Crippen molar-refractivity contribution in [3.05, 3.63) is 22.1 Å². The monoisotopic (exact) mass is 285 g/mol. The van der Waals surface area contributed by atoms with Crippen LogP contribution in [0.4, 0.5) is 5.95 Å². The normalized spacial score (nSPS) is 11.4. The van der Waals surface area contributed by atoms with Gasteiger partial charge >= 0.3 is 0 Å². The molecule has 1 aromatic rings. The number of aliphatic hydroxyl groups excluding tert-OH is 1. The van der Waals surface area contributed by atoms with Gasteiger partial charge in [-0.15, -0.1) is 0 Å². The van der Waals surface area contributed by atoms with Crippen LogP contribution in [0, 0.1) is 0 Å². The Balaban J connectivity index is 3.28. The zero-order chi connectivity index (χ0) is 15.2. The molecule has 1 rings (SSSR count). The molecule has 1 amide bonds. The highest BCUT2D eigenvalue weighted by Gasteiger charge is 2.35. The fourth-order valence-corrected chi connectivity index (χ4v) is 1.71. The van der Waals surface area contributed by atoms with Crippen LogP contribution < -0.4 is 10.9 Å². The molecule has 0 aliphatic rings. The predicted molar refractivity (Wildman–Crippen MR) is 71.2 cm³/mol. The Kier molecular flexibility index (Phi) is 5.81. The quantitative estimate of drug-likeness (QED) is 0.605. The lowest BCUT2D eigenvalue weighted by Crippen LogP contribution is -2.39. The SMILES string of the molecule is CCOC(CO)(OCC)c1cc(=O)[nH]c(NC(C)=O)n1. The van der Waals surface area contributed by atoms with Crippen molar-refractivity contribution in [2.75, 3.05) is 25.1 Å². The first kappa shape index (κ1) is 16.3. The van der Waals surface area contributed by atoms with Gasteiger partial charge in [-0.25, -0.2) is 4.98 Å². The Morgan fingerprint density at radius 2 is 2.05 bits per heavy atom. The van der Waals surface area contributed by atoms with Crippen molar-refractivity contribution in [2.45, 2.75) is 26.6 Å². The van der Waals surface area contributed by atoms with Crippen molar-refractivity contribution < 1.29 is 19.4 Å². The van der Waals surface area contributed by atoms with E-state index >= 15 is 0 Å². The van der Waals surface area contributed by atoms with E-state index < -0.39 is 18.0 Å². The van der Waals surface area contributed by atoms with Crippen LogP contribution in [0.1, 0.15) is 26.5 Å². The summed E-state index contributed by atoms with van der Waals surface area (Å²) in [5.74, 6) is -1.93. The molecule has 0 aliphatic carbocycles. The predicted octanol–water partition coefficient (Wildman–Crippen LogP) is -0.0536. The van der Waals surface area contributed by atoms with Gasteiger partial charge in [0.25, 0.3) is 5.56 Å². The summed E-state index contributed by atoms with van der Waals surface area (Å²) in [7, 11) is 0. The van der Waals surface area contributed by atoms with Gasteiger partial charge in [0.05, 0.1) is 0 Å². The number of ether oxygens (including phenoxy) is 2. The number of hydrogen-bond donors (Lipinski definition) is 3. The molecule has 0 atom stereocenters. The molecule has 0 bridgehead atoms. The molecule has 8 nitrogen and oxygen atoms in total. The van der Waals surface area contributed by atoms with Gasteiger partial charge in [0.1, 0.15) is 12.3 Å². The molecule has 0 saturated carbocycles. The first-order valence-electron chi connectivity index (χ1n) is 6.25. The number of aromatic nitrogens is 2. The number of rotatable bonds is 7. The number of nitrogens with zero attached hydrogens (tertiary/aromatic N) is 1. The molecule has 1 heterocycles. The van der Waals surface area contributed by atoms with Gasteiger partial charge in [0, 0.05) is 26.2 Å². The summed E-state index contributed by atoms with van der Waals surface area (Å²) < 4.78 is 10.8. The average molecular weight is 285 g/mol. The first-order valence-corrected chi connectivity index (χ1v) is 6.25. The molecule has 0 radical (unpaired) electrons. The number of amides is 1. The Morgan fingerprint density at radius 3 is 2.50 bits per heavy atom. The summed E-state index contributed by atoms with van der Waals surface area (Å²) in [5.41, 5.74) is -0.396. The molecule has 20 heavy (non-hydrogen) atoms. The molecule has 8 heteroatoms. The van der Waals surface area contributed by atoms with Crippen molar-refractivity contribution in [3.63, 3.8) is 0 Å². The summed E-state index contributed by atoms with van der Waals surface area (Å²) in [5, 5.41) is 11.9. The number of aromatic amines is 1. The molecular weight excluding hydrogens is 266 g/mol. The Labute approximate surface area is 116 Å². The molecule has 0 unspecified atom stereocenters. The Morgan fingerprint density at radius 1 is 1.45 bits per heavy atom. The van der Waals surface area contributed by atoms with Crippen LogP contribution in [0.2, 0.25) is 0 Å². The van der Waals surface area contributed by atoms with E-state index in [1.807, 2.05) is 0 Å². The fourth-order valence-electron chi connectivity index (χ4n) is 1.71. The standard InChI is InChI=1S/C12H19N3O5/c1-4-19-12(7-16,20-5-2)9-6-10(18)15-11(14-9)13-8(3)17/h6,16H,4-5,7H2,1-3H3,(H2,13,14,15,17,18). The minimum Gasteiger partial charge on any atom is -0.390 e. The summed E-state index contributed by atoms with van der Waals surface area (Å²) >= 11 is 0. The maximum absolute atomic E-state index is 11.6. The van der Waals surface area contributed by atoms with Gasteiger partial charge in [-0.2, -0.15) is 0 Å². The molecular formula is C12H19N3O5. The molecule has 3 N–H and O–H groups in total. The molecule has 0 fully saturated rings. The van der Waals surface area contributed by atoms with E-state index in [-0.39, 0.29) is 30.8 Å². The molecule has 0 aliphatic heterocycles. The van der Waals surface area contributed by atoms with Crippen LogP contribution >= 0.6 is 0 Å². The van der Waals surface area contributed by atoms with Crippen LogP contribution in [0.3, 0.4) is 0 Å². The summed E-state index contributed by atoms with van der Waals surface area (Å²) in [6.07, 6.45) is 0. The fraction of sp³-hybridized carbons (Fsp3) is 0.583. The number of nitrogens with one attached hydrogen (secondary N) is 2. The van der Waals surface area contributed by atoms with E-state index in [4.69, 9.17) is 9.47 Å². The van der Waals surface area contributed by atoms with Crippen LogP contribution in [-0.4, -0.2) is 40.8 Å². The maximum atomic E-state index is 11.6. The van der Waals surface area contributed by atoms with Crippen molar-refractivity contribution in [1.29, 1.82) is 0 Å². The van der Waals surface area contributed by atoms with Crippen LogP contribution in [-0.2, 0) is 20.1 Å². The number of hydrogen-bond acceptors (Lipinski definition) is 6. The number of aliphatic hydroxyl groups is 1. The van der Waals surface area contributed by atoms with Gasteiger partial charge in [-0.3, -0.25) is 19.9 Å². The van der Waals surface area contributed by atoms with Crippen LogP contribution in [0.5, 0.6) is 0 Å². The van der Waals surface area contributed by atoms with Crippen molar-refractivity contribution in [2.24, 2.45) is 0 Å². The van der Waals surface area contributed by atoms with E-state index in [1.165, 1.54) is 6.92 Å². The van der Waals surface area contributed by atoms with E-state index in [1.54, 1.807) is 13.8 Å². The second-order valence-electron chi connectivity index (χ2n) is 3.94. The molecule has 1 aromatic heterocycles. The highest BCUT2D eigenvalue weighted by Crippen LogP contribution is 2.25. The van der Waals surface area contributed by atoms with Gasteiger partial charge in [-0.05, 0) is 13.8 Å². The number of carbonyl (C=O) groups excluding carboxylic acids is 1. The molecule has 0 spiro atoms. The van der Waals surface area contributed by atoms with Gasteiger partial charge in [0.2, 0.25) is 17.6 Å². The second-order valence-corrected chi connectivity index (χ2v) is 3.94.